The number of ether oxygens (including phenoxy) is 2. The van der Waals surface area contributed by atoms with E-state index in [0.717, 1.165) is 49.1 Å². The molecule has 258 valence electrons. The predicted octanol–water partition coefficient (Wildman–Crippen LogP) is 7.76. The number of aliphatic carboxylic acids is 1. The Morgan fingerprint density at radius 2 is 1.92 bits per heavy atom. The Kier molecular flexibility index (Phi) is 10.2. The lowest BCUT2D eigenvalue weighted by Crippen LogP contribution is -2.53. The number of carboxylic acids is 1. The van der Waals surface area contributed by atoms with Crippen molar-refractivity contribution in [3.05, 3.63) is 82.1 Å². The highest BCUT2D eigenvalue weighted by molar-refractivity contribution is 7.51. The summed E-state index contributed by atoms with van der Waals surface area (Å²) in [5.41, 5.74) is 4.06. The van der Waals surface area contributed by atoms with Crippen LogP contribution in [0.2, 0.25) is 5.02 Å². The zero-order valence-electron chi connectivity index (χ0n) is 27.7. The van der Waals surface area contributed by atoms with Gasteiger partial charge in [0.05, 0.1) is 19.4 Å². The normalized spacial score (nSPS) is 25.6. The first-order valence-corrected chi connectivity index (χ1v) is 19.2. The zero-order chi connectivity index (χ0) is 34.1. The number of rotatable bonds is 12. The Morgan fingerprint density at radius 1 is 1.12 bits per heavy atom. The second kappa shape index (κ2) is 14.0. The molecule has 11 heteroatoms. The summed E-state index contributed by atoms with van der Waals surface area (Å²) in [4.78, 5) is 36.2. The van der Waals surface area contributed by atoms with E-state index >= 15 is 0 Å². The van der Waals surface area contributed by atoms with E-state index in [-0.39, 0.29) is 30.0 Å². The summed E-state index contributed by atoms with van der Waals surface area (Å²) in [6.45, 7) is 4.98. The number of anilines is 1. The third-order valence-corrected chi connectivity index (χ3v) is 11.9. The number of fused-ring (bicyclic) bond motifs is 3. The number of nitrogens with zero attached hydrogens (tertiary/aromatic N) is 1. The van der Waals surface area contributed by atoms with Gasteiger partial charge in [0.2, 0.25) is 0 Å². The molecule has 3 aliphatic rings. The van der Waals surface area contributed by atoms with Crippen LogP contribution in [0.5, 0.6) is 11.5 Å². The van der Waals surface area contributed by atoms with Crippen molar-refractivity contribution in [3.8, 4) is 11.5 Å². The molecule has 1 unspecified atom stereocenters. The fourth-order valence-corrected chi connectivity index (χ4v) is 8.97. The molecule has 0 saturated heterocycles. The number of nitrogens with one attached hydrogen (secondary N) is 1. The average molecular weight is 697 g/mol. The lowest BCUT2D eigenvalue weighted by molar-refractivity contribution is -0.144. The minimum atomic E-state index is -4.18. The number of pyridine rings is 1. The number of aryl methyl sites for hydroxylation is 1. The summed E-state index contributed by atoms with van der Waals surface area (Å²) in [5.74, 6) is 1.58. The zero-order valence-corrected chi connectivity index (χ0v) is 29.3. The van der Waals surface area contributed by atoms with Gasteiger partial charge in [-0.25, -0.2) is 4.79 Å². The molecule has 1 spiro atoms. The molecule has 3 aliphatic carbocycles. The van der Waals surface area contributed by atoms with Crippen LogP contribution in [0.25, 0.3) is 0 Å². The third-order valence-electron chi connectivity index (χ3n) is 10.9. The van der Waals surface area contributed by atoms with Gasteiger partial charge in [-0.05, 0) is 128 Å². The van der Waals surface area contributed by atoms with Gasteiger partial charge in [-0.3, -0.25) is 9.55 Å². The molecule has 0 radical (unpaired) electrons. The number of aromatic nitrogens is 1. The largest absolute Gasteiger partial charge is 0.493 e. The summed E-state index contributed by atoms with van der Waals surface area (Å²) < 4.78 is 23.8. The van der Waals surface area contributed by atoms with E-state index in [4.69, 9.17) is 21.1 Å². The lowest BCUT2D eigenvalue weighted by Gasteiger charge is -2.47. The van der Waals surface area contributed by atoms with Crippen molar-refractivity contribution in [2.45, 2.75) is 88.5 Å². The maximum Gasteiger partial charge on any atom is 0.329 e. The molecular weight excluding hydrogens is 651 g/mol. The molecule has 1 aromatic heterocycles. The van der Waals surface area contributed by atoms with Crippen LogP contribution in [0.1, 0.15) is 87.1 Å². The molecule has 48 heavy (non-hydrogen) atoms. The lowest BCUT2D eigenvalue weighted by atomic mass is 9.59. The van der Waals surface area contributed by atoms with Gasteiger partial charge in [-0.2, -0.15) is 0 Å². The number of benzene rings is 2. The van der Waals surface area contributed by atoms with Gasteiger partial charge >= 0.3 is 13.6 Å². The molecule has 0 aliphatic heterocycles. The SMILES string of the molecule is C[C@@H](COc1ccnc2c1[C@H](C)CCC2)CC1Cc2ccc(OCCP(=O)(O)O)cc2C12CCC(Nc1cccc(Cl)c1)(C(=O)O)CC2. The molecule has 1 fully saturated rings. The van der Waals surface area contributed by atoms with E-state index in [9.17, 15) is 24.3 Å². The molecule has 1 saturated carbocycles. The molecule has 6 rings (SSSR count). The quantitative estimate of drug-likeness (QED) is 0.140. The van der Waals surface area contributed by atoms with Crippen LogP contribution in [0.3, 0.4) is 0 Å². The van der Waals surface area contributed by atoms with Crippen molar-refractivity contribution >= 4 is 30.9 Å². The predicted molar refractivity (Wildman–Crippen MR) is 186 cm³/mol. The summed E-state index contributed by atoms with van der Waals surface area (Å²) >= 11 is 6.24. The Labute approximate surface area is 287 Å². The highest BCUT2D eigenvalue weighted by Crippen LogP contribution is 2.57. The van der Waals surface area contributed by atoms with Gasteiger partial charge in [-0.15, -0.1) is 0 Å². The van der Waals surface area contributed by atoms with Crippen LogP contribution in [0.4, 0.5) is 5.69 Å². The number of hydrogen-bond acceptors (Lipinski definition) is 6. The molecule has 0 amide bonds. The molecule has 2 aromatic carbocycles. The van der Waals surface area contributed by atoms with Crippen molar-refractivity contribution in [3.63, 3.8) is 0 Å². The van der Waals surface area contributed by atoms with Crippen LogP contribution in [0, 0.1) is 11.8 Å². The van der Waals surface area contributed by atoms with E-state index in [1.807, 2.05) is 36.5 Å². The van der Waals surface area contributed by atoms with Crippen molar-refractivity contribution in [1.29, 1.82) is 0 Å². The maximum absolute atomic E-state index is 12.9. The van der Waals surface area contributed by atoms with Crippen LogP contribution in [-0.2, 0) is 27.6 Å². The Bertz CT molecular complexity index is 1690. The summed E-state index contributed by atoms with van der Waals surface area (Å²) in [5, 5.41) is 14.4. The topological polar surface area (TPSA) is 138 Å². The second-order valence-corrected chi connectivity index (χ2v) is 16.5. The van der Waals surface area contributed by atoms with Gasteiger partial charge in [0.1, 0.15) is 17.0 Å². The van der Waals surface area contributed by atoms with Crippen molar-refractivity contribution in [2.24, 2.45) is 11.8 Å². The van der Waals surface area contributed by atoms with Crippen LogP contribution < -0.4 is 14.8 Å². The Balaban J connectivity index is 1.24. The summed E-state index contributed by atoms with van der Waals surface area (Å²) in [6.07, 6.45) is 8.75. The molecule has 0 bridgehead atoms. The van der Waals surface area contributed by atoms with E-state index in [1.54, 1.807) is 12.1 Å². The van der Waals surface area contributed by atoms with Gasteiger partial charge in [0, 0.05) is 28.2 Å². The molecule has 4 N–H and O–H groups in total. The average Bonchev–Trinajstić information content (AvgIpc) is 3.32. The highest BCUT2D eigenvalue weighted by atomic mass is 35.5. The number of carbonyl (C=O) groups is 1. The van der Waals surface area contributed by atoms with E-state index in [2.05, 4.69) is 30.2 Å². The minimum absolute atomic E-state index is 0.0864. The van der Waals surface area contributed by atoms with Crippen LogP contribution in [0.15, 0.2) is 54.7 Å². The molecule has 9 nitrogen and oxygen atoms in total. The van der Waals surface area contributed by atoms with E-state index < -0.39 is 19.1 Å². The van der Waals surface area contributed by atoms with Gasteiger partial charge < -0.3 is 29.7 Å². The number of hydrogen-bond donors (Lipinski definition) is 4. The van der Waals surface area contributed by atoms with Crippen LogP contribution >= 0.6 is 19.2 Å². The van der Waals surface area contributed by atoms with E-state index in [0.29, 0.717) is 54.7 Å². The first-order valence-electron chi connectivity index (χ1n) is 17.1. The standard InChI is InChI=1S/C37H46ClN2O7P/c1-24(23-47-33-11-16-39-32-8-3-5-25(2)34(32)33)19-27-20-26-9-10-30(46-17-18-48(43,44)45)22-31(26)36(27)12-14-37(15-13-36,35(41)42)40-29-7-4-6-28(38)21-29/h4,6-7,9-11,16,21-22,24-25,27,40H,3,5,8,12-15,17-20,23H2,1-2H3,(H,41,42)(H2,43,44,45)/t24-,25-,27?,36?,37?/m1/s1. The number of carboxylic acid groups (broad SMARTS) is 1. The molecule has 3 atom stereocenters. The molecule has 3 aromatic rings. The summed E-state index contributed by atoms with van der Waals surface area (Å²) in [6, 6.07) is 15.1. The van der Waals surface area contributed by atoms with Crippen LogP contribution in [-0.4, -0.2) is 50.8 Å². The third kappa shape index (κ3) is 7.40. The Hall–Kier alpha value is -3.10. The Morgan fingerprint density at radius 3 is 2.65 bits per heavy atom. The molecular formula is C37H46ClN2O7P. The van der Waals surface area contributed by atoms with Gasteiger partial charge in [-0.1, -0.05) is 37.6 Å². The fourth-order valence-electron chi connectivity index (χ4n) is 8.45. The van der Waals surface area contributed by atoms with Gasteiger partial charge in [0.15, 0.2) is 0 Å². The second-order valence-electron chi connectivity index (χ2n) is 14.3. The highest BCUT2D eigenvalue weighted by Gasteiger charge is 2.54. The van der Waals surface area contributed by atoms with Gasteiger partial charge in [0.25, 0.3) is 0 Å². The first-order chi connectivity index (χ1) is 22.9. The smallest absolute Gasteiger partial charge is 0.329 e. The molecule has 1 heterocycles. The van der Waals surface area contributed by atoms with E-state index in [1.165, 1.54) is 11.1 Å². The monoisotopic (exact) mass is 696 g/mol. The van der Waals surface area contributed by atoms with Crippen molar-refractivity contribution in [2.75, 3.05) is 24.7 Å². The maximum atomic E-state index is 12.9. The minimum Gasteiger partial charge on any atom is -0.493 e. The summed E-state index contributed by atoms with van der Waals surface area (Å²) in [7, 11) is -4.18. The first kappa shape index (κ1) is 34.8. The fraction of sp³-hybridized carbons (Fsp3) is 0.514. The number of halogens is 1. The van der Waals surface area contributed by atoms with Crippen molar-refractivity contribution < 1.29 is 33.7 Å². The van der Waals surface area contributed by atoms with Crippen molar-refractivity contribution in [1.82, 2.24) is 4.98 Å².